The molecular weight excluding hydrogens is 224 g/mol. The maximum absolute atomic E-state index is 11.3. The minimum absolute atomic E-state index is 0.363. The lowest BCUT2D eigenvalue weighted by atomic mass is 10.3. The van der Waals surface area contributed by atoms with Crippen LogP contribution >= 0.6 is 0 Å². The number of nitrogens with zero attached hydrogens (tertiary/aromatic N) is 1. The summed E-state index contributed by atoms with van der Waals surface area (Å²) in [6.07, 6.45) is 1.60. The van der Waals surface area contributed by atoms with Gasteiger partial charge in [0.15, 0.2) is 6.61 Å². The zero-order valence-electron chi connectivity index (χ0n) is 8.76. The standard InChI is InChI=1S/C7H16N2O5S/c1-3-4-5-9(2)15(12,13)8-14-6-7(10)11/h8H,3-6H2,1-2H3,(H,10,11). The second kappa shape index (κ2) is 6.72. The molecule has 0 aliphatic carbocycles. The third kappa shape index (κ3) is 6.39. The van der Waals surface area contributed by atoms with Crippen LogP contribution in [0.1, 0.15) is 19.8 Å². The van der Waals surface area contributed by atoms with Gasteiger partial charge in [0.1, 0.15) is 0 Å². The van der Waals surface area contributed by atoms with Crippen molar-refractivity contribution in [1.29, 1.82) is 0 Å². The van der Waals surface area contributed by atoms with Crippen LogP contribution in [0.2, 0.25) is 0 Å². The molecule has 8 heteroatoms. The molecule has 0 aromatic rings. The molecule has 0 spiro atoms. The van der Waals surface area contributed by atoms with E-state index in [0.29, 0.717) is 6.54 Å². The zero-order chi connectivity index (χ0) is 11.9. The molecular formula is C7H16N2O5S. The molecule has 0 amide bonds. The van der Waals surface area contributed by atoms with Crippen molar-refractivity contribution >= 4 is 16.2 Å². The Balaban J connectivity index is 4.00. The Bertz CT molecular complexity index is 290. The van der Waals surface area contributed by atoms with Crippen molar-refractivity contribution in [1.82, 2.24) is 9.19 Å². The number of aliphatic carboxylic acids is 1. The van der Waals surface area contributed by atoms with Gasteiger partial charge in [-0.2, -0.15) is 12.7 Å². The van der Waals surface area contributed by atoms with Crippen LogP contribution in [-0.2, 0) is 19.8 Å². The first kappa shape index (κ1) is 14.3. The second-order valence-electron chi connectivity index (χ2n) is 2.95. The number of hydrogen-bond donors (Lipinski definition) is 2. The van der Waals surface area contributed by atoms with E-state index in [1.807, 2.05) is 6.92 Å². The van der Waals surface area contributed by atoms with Crippen molar-refractivity contribution in [3.05, 3.63) is 0 Å². The smallest absolute Gasteiger partial charge is 0.331 e. The molecule has 90 valence electrons. The molecule has 2 N–H and O–H groups in total. The second-order valence-corrected chi connectivity index (χ2v) is 4.69. The molecule has 0 saturated heterocycles. The van der Waals surface area contributed by atoms with Crippen LogP contribution < -0.4 is 4.89 Å². The first-order valence-corrected chi connectivity index (χ1v) is 5.90. The van der Waals surface area contributed by atoms with Gasteiger partial charge in [-0.1, -0.05) is 18.2 Å². The van der Waals surface area contributed by atoms with Crippen molar-refractivity contribution < 1.29 is 23.2 Å². The molecule has 0 saturated carbocycles. The van der Waals surface area contributed by atoms with Crippen LogP contribution in [0.25, 0.3) is 0 Å². The normalized spacial score (nSPS) is 11.9. The fourth-order valence-corrected chi connectivity index (χ4v) is 1.43. The van der Waals surface area contributed by atoms with Gasteiger partial charge in [-0.05, 0) is 6.42 Å². The largest absolute Gasteiger partial charge is 0.479 e. The summed E-state index contributed by atoms with van der Waals surface area (Å²) in [7, 11) is -2.34. The van der Waals surface area contributed by atoms with Crippen molar-refractivity contribution in [2.24, 2.45) is 0 Å². The lowest BCUT2D eigenvalue weighted by molar-refractivity contribution is -0.143. The van der Waals surface area contributed by atoms with Gasteiger partial charge in [-0.3, -0.25) is 4.84 Å². The monoisotopic (exact) mass is 240 g/mol. The third-order valence-corrected chi connectivity index (χ3v) is 2.93. The van der Waals surface area contributed by atoms with Crippen molar-refractivity contribution in [3.8, 4) is 0 Å². The van der Waals surface area contributed by atoms with E-state index < -0.39 is 22.8 Å². The summed E-state index contributed by atoms with van der Waals surface area (Å²) in [5, 5.41) is 8.22. The maximum Gasteiger partial charge on any atom is 0.331 e. The van der Waals surface area contributed by atoms with E-state index in [-0.39, 0.29) is 0 Å². The van der Waals surface area contributed by atoms with E-state index >= 15 is 0 Å². The number of nitrogens with one attached hydrogen (secondary N) is 1. The molecule has 0 aromatic carbocycles. The van der Waals surface area contributed by atoms with Gasteiger partial charge < -0.3 is 5.11 Å². The summed E-state index contributed by atoms with van der Waals surface area (Å²) in [4.78, 5) is 16.1. The van der Waals surface area contributed by atoms with Crippen LogP contribution in [0.5, 0.6) is 0 Å². The molecule has 0 aliphatic heterocycles. The van der Waals surface area contributed by atoms with Gasteiger partial charge in [-0.15, -0.1) is 0 Å². The predicted octanol–water partition coefficient (Wildman–Crippen LogP) is -0.431. The van der Waals surface area contributed by atoms with Crippen LogP contribution in [0.15, 0.2) is 0 Å². The Kier molecular flexibility index (Phi) is 6.41. The number of unbranched alkanes of at least 4 members (excludes halogenated alkanes) is 1. The highest BCUT2D eigenvalue weighted by molar-refractivity contribution is 7.86. The van der Waals surface area contributed by atoms with E-state index in [1.165, 1.54) is 7.05 Å². The van der Waals surface area contributed by atoms with Crippen LogP contribution in [-0.4, -0.2) is 44.0 Å². The summed E-state index contributed by atoms with van der Waals surface area (Å²) in [6, 6.07) is 0. The predicted molar refractivity (Wildman–Crippen MR) is 53.2 cm³/mol. The Hall–Kier alpha value is -0.700. The Morgan fingerprint density at radius 2 is 2.13 bits per heavy atom. The van der Waals surface area contributed by atoms with Gasteiger partial charge >= 0.3 is 16.2 Å². The first-order chi connectivity index (χ1) is 6.90. The molecule has 0 aliphatic rings. The average molecular weight is 240 g/mol. The van der Waals surface area contributed by atoms with Gasteiger partial charge in [0.25, 0.3) is 0 Å². The summed E-state index contributed by atoms with van der Waals surface area (Å²) in [6.45, 7) is 1.60. The quantitative estimate of drug-likeness (QED) is 0.561. The Labute approximate surface area is 89.2 Å². The third-order valence-electron chi connectivity index (χ3n) is 1.60. The maximum atomic E-state index is 11.3. The number of carboxylic acid groups (broad SMARTS) is 1. The molecule has 7 nitrogen and oxygen atoms in total. The molecule has 0 radical (unpaired) electrons. The minimum atomic E-state index is -3.73. The van der Waals surface area contributed by atoms with E-state index in [1.54, 1.807) is 4.89 Å². The number of carboxylic acids is 1. The molecule has 0 atom stereocenters. The summed E-state index contributed by atoms with van der Waals surface area (Å²) < 4.78 is 23.7. The molecule has 0 rings (SSSR count). The summed E-state index contributed by atoms with van der Waals surface area (Å²) >= 11 is 0. The topological polar surface area (TPSA) is 95.9 Å². The summed E-state index contributed by atoms with van der Waals surface area (Å²) in [5.41, 5.74) is 0. The number of carbonyl (C=O) groups is 1. The number of hydrogen-bond acceptors (Lipinski definition) is 4. The van der Waals surface area contributed by atoms with E-state index in [2.05, 4.69) is 4.84 Å². The fourth-order valence-electron chi connectivity index (χ4n) is 0.730. The highest BCUT2D eigenvalue weighted by Crippen LogP contribution is 1.97. The van der Waals surface area contributed by atoms with Crippen molar-refractivity contribution in [2.45, 2.75) is 19.8 Å². The van der Waals surface area contributed by atoms with Crippen molar-refractivity contribution in [2.75, 3.05) is 20.2 Å². The Morgan fingerprint density at radius 3 is 2.60 bits per heavy atom. The molecule has 0 fully saturated rings. The number of rotatable bonds is 8. The van der Waals surface area contributed by atoms with E-state index in [9.17, 15) is 13.2 Å². The van der Waals surface area contributed by atoms with Gasteiger partial charge in [-0.25, -0.2) is 4.79 Å². The Morgan fingerprint density at radius 1 is 1.53 bits per heavy atom. The fraction of sp³-hybridized carbons (Fsp3) is 0.857. The van der Waals surface area contributed by atoms with Crippen LogP contribution in [0, 0.1) is 0 Å². The van der Waals surface area contributed by atoms with E-state index in [0.717, 1.165) is 17.1 Å². The molecule has 0 aromatic heterocycles. The van der Waals surface area contributed by atoms with Crippen molar-refractivity contribution in [3.63, 3.8) is 0 Å². The molecule has 0 bridgehead atoms. The highest BCUT2D eigenvalue weighted by atomic mass is 32.2. The SMILES string of the molecule is CCCCN(C)S(=O)(=O)NOCC(=O)O. The first-order valence-electron chi connectivity index (χ1n) is 4.46. The van der Waals surface area contributed by atoms with E-state index in [4.69, 9.17) is 5.11 Å². The zero-order valence-corrected chi connectivity index (χ0v) is 9.58. The minimum Gasteiger partial charge on any atom is -0.479 e. The lowest BCUT2D eigenvalue weighted by Gasteiger charge is -2.16. The van der Waals surface area contributed by atoms with Gasteiger partial charge in [0, 0.05) is 13.6 Å². The molecule has 0 heterocycles. The van der Waals surface area contributed by atoms with Gasteiger partial charge in [0.05, 0.1) is 0 Å². The summed E-state index contributed by atoms with van der Waals surface area (Å²) in [5.74, 6) is -1.24. The van der Waals surface area contributed by atoms with Crippen LogP contribution in [0.3, 0.4) is 0 Å². The van der Waals surface area contributed by atoms with Crippen LogP contribution in [0.4, 0.5) is 0 Å². The lowest BCUT2D eigenvalue weighted by Crippen LogP contribution is -2.39. The van der Waals surface area contributed by atoms with Gasteiger partial charge in [0.2, 0.25) is 0 Å². The highest BCUT2D eigenvalue weighted by Gasteiger charge is 2.17. The molecule has 15 heavy (non-hydrogen) atoms. The molecule has 0 unspecified atom stereocenters. The average Bonchev–Trinajstić information content (AvgIpc) is 2.13.